The number of carbonyl (C=O) groups is 2. The molecule has 0 saturated carbocycles. The van der Waals surface area contributed by atoms with E-state index in [-0.39, 0.29) is 24.7 Å². The molecule has 9 nitrogen and oxygen atoms in total. The smallest absolute Gasteiger partial charge is 0.339 e. The van der Waals surface area contributed by atoms with Crippen LogP contribution in [0, 0.1) is 0 Å². The third-order valence-electron chi connectivity index (χ3n) is 7.91. The maximum absolute atomic E-state index is 13.5. The van der Waals surface area contributed by atoms with Crippen molar-refractivity contribution in [3.63, 3.8) is 0 Å². The predicted octanol–water partition coefficient (Wildman–Crippen LogP) is 2.44. The van der Waals surface area contributed by atoms with Crippen LogP contribution < -0.4 is 9.47 Å². The van der Waals surface area contributed by atoms with Crippen LogP contribution in [0.15, 0.2) is 24.0 Å². The molecule has 0 aromatic heterocycles. The summed E-state index contributed by atoms with van der Waals surface area (Å²) in [5.41, 5.74) is -0.195. The van der Waals surface area contributed by atoms with Gasteiger partial charge in [-0.05, 0) is 61.6 Å². The zero-order valence-corrected chi connectivity index (χ0v) is 20.5. The Kier molecular flexibility index (Phi) is 6.17. The van der Waals surface area contributed by atoms with Crippen LogP contribution in [0.4, 0.5) is 0 Å². The Morgan fingerprint density at radius 1 is 1.23 bits per heavy atom. The largest absolute Gasteiger partial charge is 0.497 e. The fraction of sp³-hybridized carbons (Fsp3) is 0.615. The zero-order valence-electron chi connectivity index (χ0n) is 20.5. The molecule has 1 fully saturated rings. The summed E-state index contributed by atoms with van der Waals surface area (Å²) in [7, 11) is 2.80. The Balaban J connectivity index is 1.56. The second kappa shape index (κ2) is 9.02. The van der Waals surface area contributed by atoms with E-state index < -0.39 is 30.1 Å². The number of ether oxygens (including phenoxy) is 5. The van der Waals surface area contributed by atoms with Gasteiger partial charge in [0.1, 0.15) is 5.76 Å². The minimum Gasteiger partial charge on any atom is -0.497 e. The molecule has 5 rings (SSSR count). The molecule has 190 valence electrons. The second-order valence-electron chi connectivity index (χ2n) is 9.83. The van der Waals surface area contributed by atoms with Crippen LogP contribution >= 0.6 is 0 Å². The number of aliphatic hydroxyl groups is 1. The number of benzene rings is 1. The quantitative estimate of drug-likeness (QED) is 0.581. The fourth-order valence-corrected chi connectivity index (χ4v) is 6.31. The van der Waals surface area contributed by atoms with Gasteiger partial charge in [0.2, 0.25) is 6.79 Å². The van der Waals surface area contributed by atoms with E-state index in [2.05, 4.69) is 11.0 Å². The van der Waals surface area contributed by atoms with E-state index in [1.165, 1.54) is 7.11 Å². The fourth-order valence-electron chi connectivity index (χ4n) is 6.31. The van der Waals surface area contributed by atoms with Gasteiger partial charge in [0.25, 0.3) is 0 Å². The van der Waals surface area contributed by atoms with Gasteiger partial charge in [-0.3, -0.25) is 9.69 Å². The highest BCUT2D eigenvalue weighted by molar-refractivity contribution is 5.86. The van der Waals surface area contributed by atoms with E-state index >= 15 is 0 Å². The maximum Gasteiger partial charge on any atom is 0.339 e. The van der Waals surface area contributed by atoms with Crippen molar-refractivity contribution >= 4 is 11.9 Å². The molecule has 4 aliphatic rings. The number of hydrogen-bond acceptors (Lipinski definition) is 9. The lowest BCUT2D eigenvalue weighted by molar-refractivity contribution is -0.178. The van der Waals surface area contributed by atoms with E-state index in [0.29, 0.717) is 17.9 Å². The van der Waals surface area contributed by atoms with Gasteiger partial charge < -0.3 is 28.8 Å². The monoisotopic (exact) mass is 487 g/mol. The molecule has 35 heavy (non-hydrogen) atoms. The van der Waals surface area contributed by atoms with Crippen LogP contribution in [-0.2, 0) is 30.2 Å². The standard InChI is InChI=1S/C26H33NO8/c1-4-7-26(30,14-21(28)32-3)24(29)35-23-20(31-2)13-25-8-5-9-27(25)10-6-16-11-18-19(34-15-33-18)12-17(16)22(23)25/h11-13,22-23,30H,4-10,14-15H2,1-3H3/t22-,23?,25+,26-/m1/s1. The van der Waals surface area contributed by atoms with Gasteiger partial charge in [0, 0.05) is 6.54 Å². The number of methoxy groups -OCH3 is 2. The lowest BCUT2D eigenvalue weighted by Gasteiger charge is -2.39. The number of hydrogen-bond donors (Lipinski definition) is 1. The van der Waals surface area contributed by atoms with Crippen molar-refractivity contribution in [3.8, 4) is 11.5 Å². The van der Waals surface area contributed by atoms with Crippen LogP contribution in [0.25, 0.3) is 0 Å². The molecule has 0 amide bonds. The molecule has 3 heterocycles. The molecular weight excluding hydrogens is 454 g/mol. The number of rotatable bonds is 7. The molecule has 1 saturated heterocycles. The summed E-state index contributed by atoms with van der Waals surface area (Å²) in [4.78, 5) is 27.9. The molecule has 0 bridgehead atoms. The summed E-state index contributed by atoms with van der Waals surface area (Å²) in [5.74, 6) is 0.192. The number of carbonyl (C=O) groups excluding carboxylic acids is 2. The maximum atomic E-state index is 13.5. The summed E-state index contributed by atoms with van der Waals surface area (Å²) in [6, 6.07) is 4.04. The van der Waals surface area contributed by atoms with Gasteiger partial charge >= 0.3 is 11.9 Å². The Morgan fingerprint density at radius 3 is 2.71 bits per heavy atom. The van der Waals surface area contributed by atoms with Gasteiger partial charge in [0.05, 0.1) is 32.1 Å². The molecule has 3 aliphatic heterocycles. The van der Waals surface area contributed by atoms with Crippen molar-refractivity contribution in [2.24, 2.45) is 0 Å². The van der Waals surface area contributed by atoms with Crippen molar-refractivity contribution in [1.82, 2.24) is 4.90 Å². The third kappa shape index (κ3) is 3.85. The third-order valence-corrected chi connectivity index (χ3v) is 7.91. The topological polar surface area (TPSA) is 104 Å². The van der Waals surface area contributed by atoms with Crippen LogP contribution in [0.3, 0.4) is 0 Å². The molecule has 1 spiro atoms. The molecule has 1 aliphatic carbocycles. The minimum atomic E-state index is -1.98. The van der Waals surface area contributed by atoms with Gasteiger partial charge in [-0.15, -0.1) is 0 Å². The van der Waals surface area contributed by atoms with Crippen molar-refractivity contribution in [1.29, 1.82) is 0 Å². The van der Waals surface area contributed by atoms with Crippen molar-refractivity contribution < 1.29 is 38.4 Å². The lowest BCUT2D eigenvalue weighted by Crippen LogP contribution is -2.49. The van der Waals surface area contributed by atoms with Gasteiger partial charge in [0.15, 0.2) is 23.2 Å². The summed E-state index contributed by atoms with van der Waals surface area (Å²) in [5, 5.41) is 11.2. The highest BCUT2D eigenvalue weighted by Crippen LogP contribution is 2.55. The van der Waals surface area contributed by atoms with Crippen molar-refractivity contribution in [2.45, 2.75) is 68.6 Å². The first-order valence-electron chi connectivity index (χ1n) is 12.3. The summed E-state index contributed by atoms with van der Waals surface area (Å²) in [6.07, 6.45) is 4.20. The molecule has 1 N–H and O–H groups in total. The normalized spacial score (nSPS) is 28.2. The predicted molar refractivity (Wildman–Crippen MR) is 124 cm³/mol. The molecule has 1 aromatic carbocycles. The van der Waals surface area contributed by atoms with E-state index in [1.807, 2.05) is 19.1 Å². The molecule has 4 atom stereocenters. The van der Waals surface area contributed by atoms with E-state index in [9.17, 15) is 14.7 Å². The zero-order chi connectivity index (χ0) is 24.8. The van der Waals surface area contributed by atoms with E-state index in [0.717, 1.165) is 49.2 Å². The molecule has 1 unspecified atom stereocenters. The lowest BCUT2D eigenvalue weighted by atomic mass is 9.77. The highest BCUT2D eigenvalue weighted by atomic mass is 16.7. The minimum absolute atomic E-state index is 0.0802. The molecular formula is C26H33NO8. The first-order valence-corrected chi connectivity index (χ1v) is 12.3. The molecule has 9 heteroatoms. The SMILES string of the molecule is CCC[C@@](O)(CC(=O)OC)C(=O)OC1C(OC)=C[C@]23CCCN2CCc2cc4c(cc2[C@H]13)OCO4. The van der Waals surface area contributed by atoms with Crippen LogP contribution in [0.1, 0.15) is 56.1 Å². The Labute approximate surface area is 204 Å². The summed E-state index contributed by atoms with van der Waals surface area (Å²) >= 11 is 0. The Morgan fingerprint density at radius 2 is 2.00 bits per heavy atom. The number of esters is 2. The molecule has 0 radical (unpaired) electrons. The number of nitrogens with zero attached hydrogens (tertiary/aromatic N) is 1. The van der Waals surface area contributed by atoms with Crippen molar-refractivity contribution in [2.75, 3.05) is 34.1 Å². The molecule has 1 aromatic rings. The average Bonchev–Trinajstić information content (AvgIpc) is 3.52. The first-order chi connectivity index (χ1) is 16.8. The van der Waals surface area contributed by atoms with Crippen LogP contribution in [0.5, 0.6) is 11.5 Å². The Hall–Kier alpha value is -2.78. The van der Waals surface area contributed by atoms with Gasteiger partial charge in [-0.2, -0.15) is 0 Å². The van der Waals surface area contributed by atoms with Gasteiger partial charge in [-0.1, -0.05) is 13.3 Å². The van der Waals surface area contributed by atoms with E-state index in [1.54, 1.807) is 7.11 Å². The summed E-state index contributed by atoms with van der Waals surface area (Å²) in [6.45, 7) is 3.81. The van der Waals surface area contributed by atoms with Crippen LogP contribution in [0.2, 0.25) is 0 Å². The van der Waals surface area contributed by atoms with Gasteiger partial charge in [-0.25, -0.2) is 4.79 Å². The number of fused-ring (bicyclic) bond motifs is 3. The second-order valence-corrected chi connectivity index (χ2v) is 9.83. The average molecular weight is 488 g/mol. The summed E-state index contributed by atoms with van der Waals surface area (Å²) < 4.78 is 27.9. The van der Waals surface area contributed by atoms with Crippen LogP contribution in [-0.4, -0.2) is 73.3 Å². The highest BCUT2D eigenvalue weighted by Gasteiger charge is 2.59. The van der Waals surface area contributed by atoms with Crippen molar-refractivity contribution in [3.05, 3.63) is 35.1 Å². The first kappa shape index (κ1) is 23.9. The van der Waals surface area contributed by atoms with E-state index in [4.69, 9.17) is 23.7 Å². The Bertz CT molecular complexity index is 1050.